The van der Waals surface area contributed by atoms with E-state index in [4.69, 9.17) is 22.5 Å². The molecular weight excluding hydrogens is 286 g/mol. The fourth-order valence-electron chi connectivity index (χ4n) is 1.49. The highest BCUT2D eigenvalue weighted by atomic mass is 35.5. The average molecular weight is 304 g/mol. The van der Waals surface area contributed by atoms with Crippen LogP contribution < -0.4 is 10.9 Å². The molecule has 1 amide bonds. The van der Waals surface area contributed by atoms with Crippen LogP contribution in [0.2, 0.25) is 5.02 Å². The van der Waals surface area contributed by atoms with Gasteiger partial charge >= 0.3 is 0 Å². The maximum atomic E-state index is 12.2. The van der Waals surface area contributed by atoms with Crippen molar-refractivity contribution in [3.63, 3.8) is 0 Å². The van der Waals surface area contributed by atoms with Crippen molar-refractivity contribution >= 4 is 27.4 Å². The number of carbonyl (C=O) groups excluding carboxylic acids is 1. The van der Waals surface area contributed by atoms with Crippen molar-refractivity contribution in [1.82, 2.24) is 0 Å². The van der Waals surface area contributed by atoms with E-state index in [1.165, 1.54) is 24.3 Å². The van der Waals surface area contributed by atoms with Crippen molar-refractivity contribution in [3.05, 3.63) is 29.3 Å². The van der Waals surface area contributed by atoms with Crippen LogP contribution in [0.4, 0.5) is 0 Å². The minimum Gasteiger partial charge on any atom is -0.320 e. The van der Waals surface area contributed by atoms with Crippen LogP contribution in [0.3, 0.4) is 0 Å². The summed E-state index contributed by atoms with van der Waals surface area (Å²) >= 11 is 5.72. The van der Waals surface area contributed by atoms with Crippen molar-refractivity contribution < 1.29 is 9.00 Å². The summed E-state index contributed by atoms with van der Waals surface area (Å²) in [5, 5.41) is 6.09. The van der Waals surface area contributed by atoms with Crippen LogP contribution in [0.15, 0.2) is 33.5 Å². The number of carbonyl (C=O) groups is 1. The molecular formula is C12H18ClN3O2S. The Balaban J connectivity index is 2.99. The molecule has 1 aromatic rings. The average Bonchev–Trinajstić information content (AvgIpc) is 2.27. The molecule has 4 N–H and O–H groups in total. The summed E-state index contributed by atoms with van der Waals surface area (Å²) in [6, 6.07) is 5.26. The predicted molar refractivity (Wildman–Crippen MR) is 76.9 cm³/mol. The Morgan fingerprint density at radius 2 is 1.89 bits per heavy atom. The van der Waals surface area contributed by atoms with Gasteiger partial charge in [0.2, 0.25) is 0 Å². The lowest BCUT2D eigenvalue weighted by Gasteiger charge is -2.11. The summed E-state index contributed by atoms with van der Waals surface area (Å²) in [6.07, 6.45) is 0.471. The molecule has 106 valence electrons. The zero-order valence-electron chi connectivity index (χ0n) is 10.9. The molecule has 0 fully saturated rings. The second-order valence-electron chi connectivity index (χ2n) is 4.69. The summed E-state index contributed by atoms with van der Waals surface area (Å²) < 4.78 is 15.8. The lowest BCUT2D eigenvalue weighted by Crippen LogP contribution is -2.32. The number of nitrogens with two attached hydrogens (primary N) is 2. The first kappa shape index (κ1) is 16.1. The Morgan fingerprint density at radius 3 is 2.37 bits per heavy atom. The maximum Gasteiger partial charge on any atom is 0.271 e. The molecule has 0 aliphatic rings. The highest BCUT2D eigenvalue weighted by Gasteiger charge is 2.17. The first-order chi connectivity index (χ1) is 8.72. The van der Waals surface area contributed by atoms with Gasteiger partial charge in [-0.1, -0.05) is 25.4 Å². The first-order valence-electron chi connectivity index (χ1n) is 5.82. The van der Waals surface area contributed by atoms with Crippen LogP contribution in [0.25, 0.3) is 0 Å². The Bertz CT molecular complexity index is 563. The molecule has 0 saturated heterocycles. The molecule has 1 aromatic carbocycles. The Kier molecular flexibility index (Phi) is 5.49. The molecule has 1 rings (SSSR count). The third-order valence-electron chi connectivity index (χ3n) is 2.42. The van der Waals surface area contributed by atoms with Gasteiger partial charge in [0.1, 0.15) is 9.92 Å². The maximum absolute atomic E-state index is 12.2. The largest absolute Gasteiger partial charge is 0.320 e. The van der Waals surface area contributed by atoms with E-state index >= 15 is 0 Å². The van der Waals surface area contributed by atoms with Crippen LogP contribution in [-0.2, 0) is 14.7 Å². The van der Waals surface area contributed by atoms with Crippen LogP contribution in [0, 0.1) is 5.92 Å². The SMILES string of the molecule is CC(C)C[C@H](N)C(=O)N=S(N)(=O)c1ccc(Cl)cc1. The van der Waals surface area contributed by atoms with Gasteiger partial charge in [-0.3, -0.25) is 4.79 Å². The van der Waals surface area contributed by atoms with Gasteiger partial charge in [-0.2, -0.15) is 0 Å². The molecule has 0 aromatic heterocycles. The van der Waals surface area contributed by atoms with E-state index in [1.807, 2.05) is 13.8 Å². The number of hydrogen-bond donors (Lipinski definition) is 2. The normalized spacial score (nSPS) is 15.9. The lowest BCUT2D eigenvalue weighted by atomic mass is 10.0. The van der Waals surface area contributed by atoms with E-state index < -0.39 is 21.9 Å². The Hall–Kier alpha value is -0.950. The molecule has 0 heterocycles. The fraction of sp³-hybridized carbons (Fsp3) is 0.417. The van der Waals surface area contributed by atoms with Crippen molar-refractivity contribution in [2.45, 2.75) is 31.2 Å². The Morgan fingerprint density at radius 1 is 1.37 bits per heavy atom. The van der Waals surface area contributed by atoms with Crippen LogP contribution in [-0.4, -0.2) is 16.2 Å². The fourth-order valence-corrected chi connectivity index (χ4v) is 2.65. The van der Waals surface area contributed by atoms with Gasteiger partial charge < -0.3 is 5.73 Å². The van der Waals surface area contributed by atoms with E-state index in [-0.39, 0.29) is 10.8 Å². The topological polar surface area (TPSA) is 98.5 Å². The molecule has 19 heavy (non-hydrogen) atoms. The van der Waals surface area contributed by atoms with Crippen molar-refractivity contribution in [2.75, 3.05) is 0 Å². The van der Waals surface area contributed by atoms with Crippen molar-refractivity contribution in [3.8, 4) is 0 Å². The van der Waals surface area contributed by atoms with Crippen molar-refractivity contribution in [2.24, 2.45) is 21.2 Å². The molecule has 0 bridgehead atoms. The number of rotatable bonds is 4. The summed E-state index contributed by atoms with van der Waals surface area (Å²) in [5.74, 6) is -0.394. The van der Waals surface area contributed by atoms with Gasteiger partial charge in [-0.15, -0.1) is 4.36 Å². The number of hydrogen-bond acceptors (Lipinski definition) is 3. The predicted octanol–water partition coefficient (Wildman–Crippen LogP) is 1.94. The third-order valence-corrected chi connectivity index (χ3v) is 4.07. The highest BCUT2D eigenvalue weighted by Crippen LogP contribution is 2.15. The van der Waals surface area contributed by atoms with Gasteiger partial charge in [-0.05, 0) is 36.6 Å². The summed E-state index contributed by atoms with van der Waals surface area (Å²) in [6.45, 7) is 3.87. The summed E-state index contributed by atoms with van der Waals surface area (Å²) in [7, 11) is -3.27. The smallest absolute Gasteiger partial charge is 0.271 e. The van der Waals surface area contributed by atoms with E-state index in [1.54, 1.807) is 0 Å². The zero-order chi connectivity index (χ0) is 14.6. The first-order valence-corrected chi connectivity index (χ1v) is 7.78. The molecule has 0 aliphatic carbocycles. The van der Waals surface area contributed by atoms with Gasteiger partial charge in [0.15, 0.2) is 0 Å². The van der Waals surface area contributed by atoms with Crippen LogP contribution in [0.5, 0.6) is 0 Å². The van der Waals surface area contributed by atoms with E-state index in [0.717, 1.165) is 0 Å². The number of nitrogens with zero attached hydrogens (tertiary/aromatic N) is 1. The summed E-state index contributed by atoms with van der Waals surface area (Å²) in [5.41, 5.74) is 5.68. The molecule has 0 saturated carbocycles. The second-order valence-corrected chi connectivity index (χ2v) is 6.92. The Labute approximate surface area is 118 Å². The minimum atomic E-state index is -3.27. The zero-order valence-corrected chi connectivity index (χ0v) is 12.4. The van der Waals surface area contributed by atoms with Gasteiger partial charge in [-0.25, -0.2) is 9.35 Å². The number of halogens is 1. The molecule has 0 spiro atoms. The lowest BCUT2D eigenvalue weighted by molar-refractivity contribution is -0.119. The van der Waals surface area contributed by atoms with E-state index in [0.29, 0.717) is 11.4 Å². The molecule has 1 unspecified atom stereocenters. The summed E-state index contributed by atoms with van der Waals surface area (Å²) in [4.78, 5) is 12.0. The molecule has 5 nitrogen and oxygen atoms in total. The highest BCUT2D eigenvalue weighted by molar-refractivity contribution is 7.91. The van der Waals surface area contributed by atoms with Gasteiger partial charge in [0, 0.05) is 5.02 Å². The van der Waals surface area contributed by atoms with Crippen molar-refractivity contribution in [1.29, 1.82) is 0 Å². The number of benzene rings is 1. The molecule has 7 heteroatoms. The van der Waals surface area contributed by atoms with E-state index in [2.05, 4.69) is 4.36 Å². The molecule has 2 atom stereocenters. The standard InChI is InChI=1S/C12H18ClN3O2S/c1-8(2)7-11(14)12(17)16-19(15,18)10-5-3-9(13)4-6-10/h3-6,8,11H,7,14H2,1-2H3,(H2,15,16,17,18)/t11-,19?/m0/s1. The third kappa shape index (κ3) is 4.91. The molecule has 0 aliphatic heterocycles. The van der Waals surface area contributed by atoms with Gasteiger partial charge in [0.25, 0.3) is 5.91 Å². The van der Waals surface area contributed by atoms with E-state index in [9.17, 15) is 9.00 Å². The van der Waals surface area contributed by atoms with Crippen LogP contribution in [0.1, 0.15) is 20.3 Å². The number of amides is 1. The molecule has 0 radical (unpaired) electrons. The monoisotopic (exact) mass is 303 g/mol. The van der Waals surface area contributed by atoms with Gasteiger partial charge in [0.05, 0.1) is 10.9 Å². The van der Waals surface area contributed by atoms with Crippen LogP contribution >= 0.6 is 11.6 Å². The minimum absolute atomic E-state index is 0.249. The quantitative estimate of drug-likeness (QED) is 0.889. The second kappa shape index (κ2) is 6.47.